The molecule has 1 heterocycles. The van der Waals surface area contributed by atoms with Gasteiger partial charge in [-0.3, -0.25) is 9.59 Å². The van der Waals surface area contributed by atoms with E-state index in [0.29, 0.717) is 18.1 Å². The fourth-order valence-electron chi connectivity index (χ4n) is 1.65. The molecule has 1 rings (SSSR count). The summed E-state index contributed by atoms with van der Waals surface area (Å²) < 4.78 is 0. The summed E-state index contributed by atoms with van der Waals surface area (Å²) in [4.78, 5) is 28.0. The van der Waals surface area contributed by atoms with Crippen LogP contribution in [0.2, 0.25) is 0 Å². The quantitative estimate of drug-likeness (QED) is 0.631. The Hall–Kier alpha value is -2.31. The minimum absolute atomic E-state index is 0.000580. The summed E-state index contributed by atoms with van der Waals surface area (Å²) in [7, 11) is 0. The second-order valence-electron chi connectivity index (χ2n) is 4.21. The van der Waals surface area contributed by atoms with Crippen molar-refractivity contribution in [2.75, 3.05) is 23.7 Å². The van der Waals surface area contributed by atoms with Crippen LogP contribution in [0.25, 0.3) is 0 Å². The summed E-state index contributed by atoms with van der Waals surface area (Å²) >= 11 is 0. The van der Waals surface area contributed by atoms with E-state index < -0.39 is 11.8 Å². The van der Waals surface area contributed by atoms with Crippen molar-refractivity contribution >= 4 is 23.3 Å². The molecule has 0 atom stereocenters. The van der Waals surface area contributed by atoms with E-state index in [-0.39, 0.29) is 12.2 Å². The molecule has 0 aliphatic rings. The Morgan fingerprint density at radius 1 is 1.32 bits per heavy atom. The van der Waals surface area contributed by atoms with Crippen LogP contribution < -0.4 is 22.1 Å². The van der Waals surface area contributed by atoms with E-state index in [4.69, 9.17) is 17.2 Å². The second-order valence-corrected chi connectivity index (χ2v) is 4.21. The number of carbonyl (C=O) groups is 2. The number of pyridine rings is 1. The molecular weight excluding hydrogens is 246 g/mol. The predicted molar refractivity (Wildman–Crippen MR) is 73.5 cm³/mol. The number of anilines is 2. The Labute approximate surface area is 111 Å². The zero-order chi connectivity index (χ0) is 14.4. The molecule has 0 aromatic carbocycles. The first kappa shape index (κ1) is 14.7. The molecular formula is C12H19N5O2. The molecule has 2 amide bonds. The van der Waals surface area contributed by atoms with Gasteiger partial charge < -0.3 is 22.1 Å². The summed E-state index contributed by atoms with van der Waals surface area (Å²) in [5, 5.41) is 0. The molecule has 0 saturated carbocycles. The first-order valence-electron chi connectivity index (χ1n) is 6.05. The van der Waals surface area contributed by atoms with E-state index in [2.05, 4.69) is 4.98 Å². The molecule has 7 heteroatoms. The van der Waals surface area contributed by atoms with E-state index in [1.54, 1.807) is 11.0 Å². The van der Waals surface area contributed by atoms with Gasteiger partial charge in [-0.1, -0.05) is 13.3 Å². The second kappa shape index (κ2) is 6.58. The Balaban J connectivity index is 3.08. The van der Waals surface area contributed by atoms with Gasteiger partial charge in [-0.05, 0) is 18.6 Å². The molecule has 0 bridgehead atoms. The molecule has 0 radical (unpaired) electrons. The number of nitrogens with two attached hydrogens (primary N) is 3. The Morgan fingerprint density at radius 2 is 2.00 bits per heavy atom. The zero-order valence-corrected chi connectivity index (χ0v) is 10.9. The Kier molecular flexibility index (Phi) is 5.11. The van der Waals surface area contributed by atoms with Crippen LogP contribution in [-0.2, 0) is 4.79 Å². The van der Waals surface area contributed by atoms with Gasteiger partial charge >= 0.3 is 0 Å². The minimum atomic E-state index is -0.643. The molecule has 0 fully saturated rings. The fourth-order valence-corrected chi connectivity index (χ4v) is 1.65. The normalized spacial score (nSPS) is 10.2. The SMILES string of the molecule is CCCCN(CC(N)=O)c1nc(C(N)=O)ccc1N. The first-order chi connectivity index (χ1) is 8.95. The van der Waals surface area contributed by atoms with Crippen LogP contribution in [0.15, 0.2) is 12.1 Å². The zero-order valence-electron chi connectivity index (χ0n) is 10.9. The highest BCUT2D eigenvalue weighted by atomic mass is 16.1. The molecule has 7 nitrogen and oxygen atoms in total. The molecule has 1 aromatic heterocycles. The lowest BCUT2D eigenvalue weighted by molar-refractivity contribution is -0.116. The average Bonchev–Trinajstić information content (AvgIpc) is 2.34. The number of nitrogen functional groups attached to an aromatic ring is 1. The van der Waals surface area contributed by atoms with Gasteiger partial charge in [0.2, 0.25) is 5.91 Å². The largest absolute Gasteiger partial charge is 0.396 e. The fraction of sp³-hybridized carbons (Fsp3) is 0.417. The minimum Gasteiger partial charge on any atom is -0.396 e. The molecule has 1 aromatic rings. The molecule has 0 aliphatic carbocycles. The van der Waals surface area contributed by atoms with Crippen molar-refractivity contribution in [2.45, 2.75) is 19.8 Å². The van der Waals surface area contributed by atoms with Crippen molar-refractivity contribution in [3.05, 3.63) is 17.8 Å². The molecule has 0 unspecified atom stereocenters. The van der Waals surface area contributed by atoms with Gasteiger partial charge in [-0.25, -0.2) is 4.98 Å². The van der Waals surface area contributed by atoms with Gasteiger partial charge in [0, 0.05) is 6.54 Å². The van der Waals surface area contributed by atoms with Gasteiger partial charge in [0.15, 0.2) is 5.82 Å². The lowest BCUT2D eigenvalue weighted by Gasteiger charge is -2.23. The maximum atomic E-state index is 11.1. The molecule has 6 N–H and O–H groups in total. The number of amides is 2. The molecule has 0 aliphatic heterocycles. The Bertz CT molecular complexity index is 475. The number of rotatable bonds is 7. The van der Waals surface area contributed by atoms with Crippen molar-refractivity contribution in [3.63, 3.8) is 0 Å². The standard InChI is InChI=1S/C12H19N5O2/c1-2-3-6-17(7-10(14)18)12-8(13)4-5-9(16-12)11(15)19/h4-5H,2-3,6-7,13H2,1H3,(H2,14,18)(H2,15,19). The highest BCUT2D eigenvalue weighted by Crippen LogP contribution is 2.21. The number of hydrogen-bond donors (Lipinski definition) is 3. The van der Waals surface area contributed by atoms with Gasteiger partial charge in [-0.15, -0.1) is 0 Å². The van der Waals surface area contributed by atoms with Crippen LogP contribution in [0.4, 0.5) is 11.5 Å². The number of nitrogens with zero attached hydrogens (tertiary/aromatic N) is 2. The number of aromatic nitrogens is 1. The van der Waals surface area contributed by atoms with Crippen LogP contribution in [-0.4, -0.2) is 29.9 Å². The van der Waals surface area contributed by atoms with E-state index in [9.17, 15) is 9.59 Å². The van der Waals surface area contributed by atoms with Crippen LogP contribution in [0.5, 0.6) is 0 Å². The van der Waals surface area contributed by atoms with E-state index in [1.165, 1.54) is 6.07 Å². The van der Waals surface area contributed by atoms with E-state index in [1.807, 2.05) is 6.92 Å². The molecule has 19 heavy (non-hydrogen) atoms. The van der Waals surface area contributed by atoms with Crippen LogP contribution in [0.3, 0.4) is 0 Å². The van der Waals surface area contributed by atoms with Crippen LogP contribution >= 0.6 is 0 Å². The van der Waals surface area contributed by atoms with E-state index >= 15 is 0 Å². The van der Waals surface area contributed by atoms with Crippen LogP contribution in [0.1, 0.15) is 30.3 Å². The first-order valence-corrected chi connectivity index (χ1v) is 6.05. The van der Waals surface area contributed by atoms with Crippen molar-refractivity contribution in [2.24, 2.45) is 11.5 Å². The molecule has 104 valence electrons. The van der Waals surface area contributed by atoms with Gasteiger partial charge in [0.25, 0.3) is 5.91 Å². The number of primary amides is 2. The number of hydrogen-bond acceptors (Lipinski definition) is 5. The number of unbranched alkanes of at least 4 members (excludes halogenated alkanes) is 1. The summed E-state index contributed by atoms with van der Waals surface area (Å²) in [6.07, 6.45) is 1.81. The summed E-state index contributed by atoms with van der Waals surface area (Å²) in [5.74, 6) is -0.763. The van der Waals surface area contributed by atoms with Crippen molar-refractivity contribution in [3.8, 4) is 0 Å². The maximum absolute atomic E-state index is 11.1. The third-order valence-corrected chi connectivity index (χ3v) is 2.59. The highest BCUT2D eigenvalue weighted by Gasteiger charge is 2.15. The predicted octanol–water partition coefficient (Wildman–Crippen LogP) is -0.145. The Morgan fingerprint density at radius 3 is 2.53 bits per heavy atom. The van der Waals surface area contributed by atoms with Gasteiger partial charge in [0.05, 0.1) is 12.2 Å². The van der Waals surface area contributed by atoms with Crippen molar-refractivity contribution in [1.82, 2.24) is 4.98 Å². The summed E-state index contributed by atoms with van der Waals surface area (Å²) in [6.45, 7) is 2.61. The highest BCUT2D eigenvalue weighted by molar-refractivity contribution is 5.92. The topological polar surface area (TPSA) is 128 Å². The lowest BCUT2D eigenvalue weighted by atomic mass is 10.2. The lowest BCUT2D eigenvalue weighted by Crippen LogP contribution is -2.36. The maximum Gasteiger partial charge on any atom is 0.267 e. The summed E-state index contributed by atoms with van der Waals surface area (Å²) in [6, 6.07) is 2.99. The third kappa shape index (κ3) is 4.13. The monoisotopic (exact) mass is 265 g/mol. The average molecular weight is 265 g/mol. The smallest absolute Gasteiger partial charge is 0.267 e. The van der Waals surface area contributed by atoms with Crippen LogP contribution in [0, 0.1) is 0 Å². The van der Waals surface area contributed by atoms with E-state index in [0.717, 1.165) is 12.8 Å². The third-order valence-electron chi connectivity index (χ3n) is 2.59. The van der Waals surface area contributed by atoms with Crippen molar-refractivity contribution < 1.29 is 9.59 Å². The molecule has 0 spiro atoms. The number of carbonyl (C=O) groups excluding carboxylic acids is 2. The molecule has 0 saturated heterocycles. The van der Waals surface area contributed by atoms with Gasteiger partial charge in [-0.2, -0.15) is 0 Å². The summed E-state index contributed by atoms with van der Waals surface area (Å²) in [5.41, 5.74) is 16.7. The van der Waals surface area contributed by atoms with Gasteiger partial charge in [0.1, 0.15) is 5.69 Å². The van der Waals surface area contributed by atoms with Crippen molar-refractivity contribution in [1.29, 1.82) is 0 Å².